The number of carbonyl (C=O) groups is 1. The van der Waals surface area contributed by atoms with Crippen LogP contribution in [0.2, 0.25) is 0 Å². The highest BCUT2D eigenvalue weighted by molar-refractivity contribution is 5.81. The number of amides is 1. The topological polar surface area (TPSA) is 81.6 Å². The van der Waals surface area contributed by atoms with E-state index >= 15 is 0 Å². The quantitative estimate of drug-likeness (QED) is 0.765. The molecule has 80 valence electrons. The fourth-order valence-electron chi connectivity index (χ4n) is 1.18. The Morgan fingerprint density at radius 3 is 2.93 bits per heavy atom. The van der Waals surface area contributed by atoms with Crippen molar-refractivity contribution in [3.8, 4) is 6.07 Å². The van der Waals surface area contributed by atoms with E-state index in [1.807, 2.05) is 19.9 Å². The maximum absolute atomic E-state index is 11.5. The summed E-state index contributed by atoms with van der Waals surface area (Å²) in [6.45, 7) is 4.11. The summed E-state index contributed by atoms with van der Waals surface area (Å²) >= 11 is 0. The molecule has 1 aromatic heterocycles. The van der Waals surface area contributed by atoms with Gasteiger partial charge in [0, 0.05) is 18.3 Å². The van der Waals surface area contributed by atoms with Crippen molar-refractivity contribution in [3.05, 3.63) is 18.0 Å². The van der Waals surface area contributed by atoms with E-state index in [-0.39, 0.29) is 11.8 Å². The highest BCUT2D eigenvalue weighted by atomic mass is 16.1. The molecule has 0 radical (unpaired) electrons. The molecule has 0 spiro atoms. The van der Waals surface area contributed by atoms with Gasteiger partial charge in [0.15, 0.2) is 0 Å². The van der Waals surface area contributed by atoms with Crippen molar-refractivity contribution in [1.82, 2.24) is 15.5 Å². The molecule has 0 aromatic carbocycles. The van der Waals surface area contributed by atoms with Gasteiger partial charge in [-0.15, -0.1) is 0 Å². The molecule has 1 aromatic rings. The maximum atomic E-state index is 11.5. The summed E-state index contributed by atoms with van der Waals surface area (Å²) in [7, 11) is 0. The summed E-state index contributed by atoms with van der Waals surface area (Å²) in [5.74, 6) is -0.787. The van der Waals surface area contributed by atoms with Gasteiger partial charge in [-0.2, -0.15) is 10.4 Å². The van der Waals surface area contributed by atoms with Gasteiger partial charge >= 0.3 is 0 Å². The number of H-pyrrole nitrogens is 1. The van der Waals surface area contributed by atoms with Gasteiger partial charge in [0.25, 0.3) is 0 Å². The molecular formula is C10H14N4O. The van der Waals surface area contributed by atoms with Crippen molar-refractivity contribution in [2.24, 2.45) is 11.8 Å². The number of aromatic amines is 1. The van der Waals surface area contributed by atoms with Crippen LogP contribution in [0.3, 0.4) is 0 Å². The smallest absolute Gasteiger partial charge is 0.237 e. The fourth-order valence-corrected chi connectivity index (χ4v) is 1.18. The second-order valence-corrected chi connectivity index (χ2v) is 3.68. The van der Waals surface area contributed by atoms with Gasteiger partial charge < -0.3 is 5.32 Å². The SMILES string of the molecule is CC(C)C(C#N)C(=O)NCc1cn[nH]c1. The van der Waals surface area contributed by atoms with Crippen molar-refractivity contribution < 1.29 is 4.79 Å². The van der Waals surface area contributed by atoms with Crippen molar-refractivity contribution >= 4 is 5.91 Å². The number of hydrogen-bond donors (Lipinski definition) is 2. The van der Waals surface area contributed by atoms with Crippen LogP contribution < -0.4 is 5.32 Å². The molecular weight excluding hydrogens is 192 g/mol. The van der Waals surface area contributed by atoms with Gasteiger partial charge in [-0.1, -0.05) is 13.8 Å². The third kappa shape index (κ3) is 3.09. The first-order valence-electron chi connectivity index (χ1n) is 4.80. The molecule has 1 rings (SSSR count). The van der Waals surface area contributed by atoms with E-state index in [2.05, 4.69) is 15.5 Å². The summed E-state index contributed by atoms with van der Waals surface area (Å²) < 4.78 is 0. The van der Waals surface area contributed by atoms with Gasteiger partial charge in [-0.25, -0.2) is 0 Å². The highest BCUT2D eigenvalue weighted by Crippen LogP contribution is 2.09. The lowest BCUT2D eigenvalue weighted by Gasteiger charge is -2.12. The third-order valence-electron chi connectivity index (χ3n) is 2.11. The van der Waals surface area contributed by atoms with Gasteiger partial charge in [0.2, 0.25) is 5.91 Å². The molecule has 0 aliphatic heterocycles. The minimum atomic E-state index is -0.586. The van der Waals surface area contributed by atoms with Crippen molar-refractivity contribution in [2.45, 2.75) is 20.4 Å². The Morgan fingerprint density at radius 2 is 2.47 bits per heavy atom. The molecule has 1 heterocycles. The average Bonchev–Trinajstić information content (AvgIpc) is 2.67. The first-order valence-corrected chi connectivity index (χ1v) is 4.80. The first kappa shape index (κ1) is 11.2. The Hall–Kier alpha value is -1.83. The fraction of sp³-hybridized carbons (Fsp3) is 0.500. The van der Waals surface area contributed by atoms with E-state index in [0.29, 0.717) is 6.54 Å². The number of nitrogens with one attached hydrogen (secondary N) is 2. The molecule has 0 aliphatic carbocycles. The van der Waals surface area contributed by atoms with Crippen LogP contribution >= 0.6 is 0 Å². The summed E-state index contributed by atoms with van der Waals surface area (Å²) in [6.07, 6.45) is 3.34. The van der Waals surface area contributed by atoms with Crippen molar-refractivity contribution in [1.29, 1.82) is 5.26 Å². The Balaban J connectivity index is 2.46. The van der Waals surface area contributed by atoms with Gasteiger partial charge in [-0.3, -0.25) is 9.89 Å². The van der Waals surface area contributed by atoms with Gasteiger partial charge in [0.05, 0.1) is 12.3 Å². The lowest BCUT2D eigenvalue weighted by molar-refractivity contribution is -0.124. The molecule has 5 heteroatoms. The zero-order valence-corrected chi connectivity index (χ0v) is 8.82. The zero-order valence-electron chi connectivity index (χ0n) is 8.82. The van der Waals surface area contributed by atoms with Crippen LogP contribution in [0.15, 0.2) is 12.4 Å². The molecule has 0 saturated heterocycles. The monoisotopic (exact) mass is 206 g/mol. The Labute approximate surface area is 88.5 Å². The molecule has 0 bridgehead atoms. The molecule has 15 heavy (non-hydrogen) atoms. The van der Waals surface area contributed by atoms with E-state index in [9.17, 15) is 4.79 Å². The Kier molecular flexibility index (Phi) is 3.86. The predicted octanol–water partition coefficient (Wildman–Crippen LogP) is 0.822. The number of carbonyl (C=O) groups excluding carboxylic acids is 1. The van der Waals surface area contributed by atoms with Crippen LogP contribution in [-0.4, -0.2) is 16.1 Å². The minimum Gasteiger partial charge on any atom is -0.351 e. The molecule has 1 amide bonds. The Bertz CT molecular complexity index is 350. The number of nitriles is 1. The third-order valence-corrected chi connectivity index (χ3v) is 2.11. The van der Waals surface area contributed by atoms with Crippen LogP contribution in [0.25, 0.3) is 0 Å². The molecule has 2 N–H and O–H groups in total. The van der Waals surface area contributed by atoms with E-state index in [1.165, 1.54) is 0 Å². The normalized spacial score (nSPS) is 12.1. The molecule has 0 aliphatic rings. The zero-order chi connectivity index (χ0) is 11.3. The van der Waals surface area contributed by atoms with Crippen LogP contribution in [0.1, 0.15) is 19.4 Å². The van der Waals surface area contributed by atoms with Gasteiger partial charge in [0.1, 0.15) is 5.92 Å². The second-order valence-electron chi connectivity index (χ2n) is 3.68. The number of nitrogens with zero attached hydrogens (tertiary/aromatic N) is 2. The predicted molar refractivity (Wildman–Crippen MR) is 54.4 cm³/mol. The van der Waals surface area contributed by atoms with E-state index < -0.39 is 5.92 Å². The van der Waals surface area contributed by atoms with Crippen LogP contribution in [0.5, 0.6) is 0 Å². The molecule has 5 nitrogen and oxygen atoms in total. The maximum Gasteiger partial charge on any atom is 0.237 e. The van der Waals surface area contributed by atoms with Crippen molar-refractivity contribution in [3.63, 3.8) is 0 Å². The van der Waals surface area contributed by atoms with E-state index in [0.717, 1.165) is 5.56 Å². The van der Waals surface area contributed by atoms with Crippen LogP contribution in [0, 0.1) is 23.2 Å². The van der Waals surface area contributed by atoms with E-state index in [4.69, 9.17) is 5.26 Å². The largest absolute Gasteiger partial charge is 0.351 e. The molecule has 1 unspecified atom stereocenters. The summed E-state index contributed by atoms with van der Waals surface area (Å²) in [5.41, 5.74) is 0.892. The number of hydrogen-bond acceptors (Lipinski definition) is 3. The summed E-state index contributed by atoms with van der Waals surface area (Å²) in [6, 6.07) is 2.00. The van der Waals surface area contributed by atoms with Gasteiger partial charge in [-0.05, 0) is 5.92 Å². The van der Waals surface area contributed by atoms with Crippen molar-refractivity contribution in [2.75, 3.05) is 0 Å². The second kappa shape index (κ2) is 5.15. The highest BCUT2D eigenvalue weighted by Gasteiger charge is 2.20. The summed E-state index contributed by atoms with van der Waals surface area (Å²) in [4.78, 5) is 11.5. The molecule has 1 atom stereocenters. The Morgan fingerprint density at radius 1 is 1.73 bits per heavy atom. The standard InChI is InChI=1S/C10H14N4O/c1-7(2)9(3-11)10(15)12-4-8-5-13-14-6-8/h5-7,9H,4H2,1-2H3,(H,12,15)(H,13,14). The molecule has 0 saturated carbocycles. The average molecular weight is 206 g/mol. The number of rotatable bonds is 4. The first-order chi connectivity index (χ1) is 7.15. The lowest BCUT2D eigenvalue weighted by Crippen LogP contribution is -2.32. The van der Waals surface area contributed by atoms with Crippen LogP contribution in [0.4, 0.5) is 0 Å². The van der Waals surface area contributed by atoms with Crippen LogP contribution in [-0.2, 0) is 11.3 Å². The lowest BCUT2D eigenvalue weighted by atomic mass is 9.97. The number of aromatic nitrogens is 2. The van der Waals surface area contributed by atoms with E-state index in [1.54, 1.807) is 12.4 Å². The minimum absolute atomic E-state index is 0.0272. The summed E-state index contributed by atoms with van der Waals surface area (Å²) in [5, 5.41) is 17.9. The molecule has 0 fully saturated rings.